The van der Waals surface area contributed by atoms with Gasteiger partial charge in [0.25, 0.3) is 17.1 Å². The molecule has 2 aliphatic rings. The third-order valence-corrected chi connectivity index (χ3v) is 6.59. The quantitative estimate of drug-likeness (QED) is 0.472. The fraction of sp³-hybridized carbons (Fsp3) is 0.346. The summed E-state index contributed by atoms with van der Waals surface area (Å²) in [5, 5.41) is -0.340. The van der Waals surface area contributed by atoms with E-state index in [2.05, 4.69) is 0 Å². The monoisotopic (exact) mass is 512 g/mol. The van der Waals surface area contributed by atoms with E-state index in [1.807, 2.05) is 31.2 Å². The third-order valence-electron chi connectivity index (χ3n) is 5.68. The summed E-state index contributed by atoms with van der Waals surface area (Å²) in [6, 6.07) is 12.7. The predicted octanol–water partition coefficient (Wildman–Crippen LogP) is 3.36. The zero-order valence-electron chi connectivity index (χ0n) is 20.2. The standard InChI is InChI=1S/C26H28N2O7S/c1-18-3-6-20(7-4-18)34-14-11-28-25(30)23(36-26(28)31)16-19-5-8-21(22(15-19)32-2)35-17-24(29)27-9-12-33-13-10-27/h3-8,15-16H,9-14,17H2,1-2H3/b23-16-. The second-order valence-electron chi connectivity index (χ2n) is 8.19. The summed E-state index contributed by atoms with van der Waals surface area (Å²) in [5.41, 5.74) is 1.79. The van der Waals surface area contributed by atoms with Crippen molar-refractivity contribution in [3.8, 4) is 17.2 Å². The number of carbonyl (C=O) groups is 3. The second kappa shape index (κ2) is 12.0. The lowest BCUT2D eigenvalue weighted by molar-refractivity contribution is -0.137. The first-order valence-electron chi connectivity index (χ1n) is 11.6. The fourth-order valence-electron chi connectivity index (χ4n) is 3.67. The maximum Gasteiger partial charge on any atom is 0.293 e. The van der Waals surface area contributed by atoms with Gasteiger partial charge in [-0.3, -0.25) is 19.3 Å². The smallest absolute Gasteiger partial charge is 0.293 e. The molecule has 2 heterocycles. The number of benzene rings is 2. The van der Waals surface area contributed by atoms with Crippen LogP contribution in [0.3, 0.4) is 0 Å². The maximum absolute atomic E-state index is 12.8. The third kappa shape index (κ3) is 6.38. The first-order valence-corrected chi connectivity index (χ1v) is 12.4. The molecule has 36 heavy (non-hydrogen) atoms. The molecule has 2 saturated heterocycles. The van der Waals surface area contributed by atoms with Crippen LogP contribution < -0.4 is 14.2 Å². The first-order chi connectivity index (χ1) is 17.4. The van der Waals surface area contributed by atoms with Crippen molar-refractivity contribution in [2.45, 2.75) is 6.92 Å². The van der Waals surface area contributed by atoms with E-state index in [4.69, 9.17) is 18.9 Å². The number of carbonyl (C=O) groups excluding carboxylic acids is 3. The number of methoxy groups -OCH3 is 1. The van der Waals surface area contributed by atoms with Gasteiger partial charge in [0.15, 0.2) is 18.1 Å². The Morgan fingerprint density at radius 2 is 1.81 bits per heavy atom. The number of hydrogen-bond donors (Lipinski definition) is 0. The lowest BCUT2D eigenvalue weighted by Gasteiger charge is -2.26. The van der Waals surface area contributed by atoms with Crippen molar-refractivity contribution in [3.05, 3.63) is 58.5 Å². The van der Waals surface area contributed by atoms with E-state index in [1.54, 1.807) is 29.2 Å². The van der Waals surface area contributed by atoms with Gasteiger partial charge in [0, 0.05) is 13.1 Å². The zero-order chi connectivity index (χ0) is 25.5. The molecule has 0 aliphatic carbocycles. The van der Waals surface area contributed by atoms with E-state index >= 15 is 0 Å². The van der Waals surface area contributed by atoms with Gasteiger partial charge in [-0.25, -0.2) is 0 Å². The number of amides is 3. The molecule has 0 bridgehead atoms. The Morgan fingerprint density at radius 3 is 2.53 bits per heavy atom. The molecular formula is C26H28N2O7S. The van der Waals surface area contributed by atoms with Crippen LogP contribution in [0.4, 0.5) is 4.79 Å². The van der Waals surface area contributed by atoms with Gasteiger partial charge < -0.3 is 23.8 Å². The Hall–Kier alpha value is -3.50. The molecule has 3 amide bonds. The van der Waals surface area contributed by atoms with Crippen LogP contribution in [0.5, 0.6) is 17.2 Å². The van der Waals surface area contributed by atoms with Crippen LogP contribution in [0.2, 0.25) is 0 Å². The number of ether oxygens (including phenoxy) is 4. The molecule has 9 nitrogen and oxygen atoms in total. The summed E-state index contributed by atoms with van der Waals surface area (Å²) >= 11 is 0.883. The van der Waals surface area contributed by atoms with Crippen LogP contribution in [0, 0.1) is 6.92 Å². The second-order valence-corrected chi connectivity index (χ2v) is 9.18. The van der Waals surface area contributed by atoms with Crippen LogP contribution >= 0.6 is 11.8 Å². The van der Waals surface area contributed by atoms with E-state index in [1.165, 1.54) is 12.0 Å². The van der Waals surface area contributed by atoms with Gasteiger partial charge in [-0.2, -0.15) is 0 Å². The normalized spacial score (nSPS) is 17.0. The molecule has 0 spiro atoms. The van der Waals surface area contributed by atoms with Gasteiger partial charge in [0.1, 0.15) is 12.4 Å². The van der Waals surface area contributed by atoms with Crippen molar-refractivity contribution >= 4 is 34.9 Å². The van der Waals surface area contributed by atoms with Crippen LogP contribution in [0.15, 0.2) is 47.4 Å². The van der Waals surface area contributed by atoms with Crippen molar-refractivity contribution in [1.29, 1.82) is 0 Å². The lowest BCUT2D eigenvalue weighted by Crippen LogP contribution is -2.43. The van der Waals surface area contributed by atoms with Crippen LogP contribution in [0.1, 0.15) is 11.1 Å². The van der Waals surface area contributed by atoms with Crippen LogP contribution in [0.25, 0.3) is 6.08 Å². The highest BCUT2D eigenvalue weighted by atomic mass is 32.2. The maximum atomic E-state index is 12.8. The summed E-state index contributed by atoms with van der Waals surface area (Å²) in [5.74, 6) is 1.03. The van der Waals surface area contributed by atoms with Crippen molar-refractivity contribution in [2.75, 3.05) is 53.2 Å². The van der Waals surface area contributed by atoms with Gasteiger partial charge in [0.05, 0.1) is 31.8 Å². The number of morpholine rings is 1. The van der Waals surface area contributed by atoms with Crippen molar-refractivity contribution < 1.29 is 33.3 Å². The minimum absolute atomic E-state index is 0.112. The van der Waals surface area contributed by atoms with Gasteiger partial charge in [0.2, 0.25) is 0 Å². The number of nitrogens with zero attached hydrogens (tertiary/aromatic N) is 2. The van der Waals surface area contributed by atoms with Crippen molar-refractivity contribution in [1.82, 2.24) is 9.80 Å². The van der Waals surface area contributed by atoms with Gasteiger partial charge >= 0.3 is 0 Å². The average molecular weight is 513 g/mol. The molecule has 0 unspecified atom stereocenters. The minimum atomic E-state index is -0.368. The Morgan fingerprint density at radius 1 is 1.06 bits per heavy atom. The van der Waals surface area contributed by atoms with Gasteiger partial charge in [-0.15, -0.1) is 0 Å². The molecule has 190 valence electrons. The summed E-state index contributed by atoms with van der Waals surface area (Å²) in [7, 11) is 1.50. The summed E-state index contributed by atoms with van der Waals surface area (Å²) in [6.45, 7) is 4.38. The van der Waals surface area contributed by atoms with E-state index in [-0.39, 0.29) is 36.8 Å². The molecule has 2 aromatic rings. The van der Waals surface area contributed by atoms with E-state index < -0.39 is 0 Å². The number of thioether (sulfide) groups is 1. The minimum Gasteiger partial charge on any atom is -0.493 e. The largest absolute Gasteiger partial charge is 0.493 e. The Labute approximate surface area is 213 Å². The fourth-order valence-corrected chi connectivity index (χ4v) is 4.54. The number of aryl methyl sites for hydroxylation is 1. The Kier molecular flexibility index (Phi) is 8.50. The molecule has 4 rings (SSSR count). The average Bonchev–Trinajstić information content (AvgIpc) is 3.16. The predicted molar refractivity (Wildman–Crippen MR) is 135 cm³/mol. The molecule has 0 atom stereocenters. The first kappa shape index (κ1) is 25.6. The van der Waals surface area contributed by atoms with Gasteiger partial charge in [-0.1, -0.05) is 23.8 Å². The number of rotatable bonds is 9. The molecule has 2 aliphatic heterocycles. The highest BCUT2D eigenvalue weighted by Crippen LogP contribution is 2.34. The molecule has 0 saturated carbocycles. The van der Waals surface area contributed by atoms with Crippen molar-refractivity contribution in [3.63, 3.8) is 0 Å². The highest BCUT2D eigenvalue weighted by Gasteiger charge is 2.34. The molecule has 2 aromatic carbocycles. The molecule has 0 N–H and O–H groups in total. The van der Waals surface area contributed by atoms with Crippen molar-refractivity contribution in [2.24, 2.45) is 0 Å². The Balaban J connectivity index is 1.35. The molecule has 0 aromatic heterocycles. The summed E-state index contributed by atoms with van der Waals surface area (Å²) in [4.78, 5) is 40.8. The molecular weight excluding hydrogens is 484 g/mol. The summed E-state index contributed by atoms with van der Waals surface area (Å²) < 4.78 is 22.0. The van der Waals surface area contributed by atoms with Gasteiger partial charge in [-0.05, 0) is 54.6 Å². The van der Waals surface area contributed by atoms with E-state index in [0.29, 0.717) is 54.0 Å². The molecule has 0 radical (unpaired) electrons. The van der Waals surface area contributed by atoms with Crippen LogP contribution in [-0.2, 0) is 14.3 Å². The SMILES string of the molecule is COc1cc(/C=C2\SC(=O)N(CCOc3ccc(C)cc3)C2=O)ccc1OCC(=O)N1CCOCC1. The topological polar surface area (TPSA) is 94.6 Å². The van der Waals surface area contributed by atoms with E-state index in [9.17, 15) is 14.4 Å². The highest BCUT2D eigenvalue weighted by molar-refractivity contribution is 8.18. The Bertz CT molecular complexity index is 1140. The lowest BCUT2D eigenvalue weighted by atomic mass is 10.2. The zero-order valence-corrected chi connectivity index (χ0v) is 21.0. The summed E-state index contributed by atoms with van der Waals surface area (Å²) in [6.07, 6.45) is 1.64. The molecule has 10 heteroatoms. The van der Waals surface area contributed by atoms with Crippen LogP contribution in [-0.4, -0.2) is 80.0 Å². The number of imide groups is 1. The van der Waals surface area contributed by atoms with E-state index in [0.717, 1.165) is 17.3 Å². The number of hydrogen-bond acceptors (Lipinski definition) is 8. The molecule has 2 fully saturated rings.